The smallest absolute Gasteiger partial charge is 0.288 e. The highest BCUT2D eigenvalue weighted by Gasteiger charge is 2.28. The average Bonchev–Trinajstić information content (AvgIpc) is 2.43. The minimum atomic E-state index is -0.712. The summed E-state index contributed by atoms with van der Waals surface area (Å²) in [6.45, 7) is -0.148. The molecule has 0 aliphatic carbocycles. The number of carbonyl (C=O) groups is 2. The Hall–Kier alpha value is -1.85. The third-order valence-electron chi connectivity index (χ3n) is 2.78. The molecule has 1 heterocycles. The molecule has 0 bridgehead atoms. The van der Waals surface area contributed by atoms with Gasteiger partial charge in [-0.2, -0.15) is 0 Å². The maximum absolute atomic E-state index is 12.1. The van der Waals surface area contributed by atoms with E-state index in [0.29, 0.717) is 10.6 Å². The second-order valence-electron chi connectivity index (χ2n) is 4.06. The van der Waals surface area contributed by atoms with E-state index in [-0.39, 0.29) is 13.2 Å². The van der Waals surface area contributed by atoms with Gasteiger partial charge in [-0.15, -0.1) is 0 Å². The first-order valence-electron chi connectivity index (χ1n) is 5.79. The van der Waals surface area contributed by atoms with E-state index in [4.69, 9.17) is 16.7 Å². The number of rotatable bonds is 4. The van der Waals surface area contributed by atoms with Gasteiger partial charge in [0, 0.05) is 17.3 Å². The van der Waals surface area contributed by atoms with Gasteiger partial charge in [-0.05, 0) is 30.0 Å². The van der Waals surface area contributed by atoms with Gasteiger partial charge >= 0.3 is 0 Å². The summed E-state index contributed by atoms with van der Waals surface area (Å²) in [5, 5.41) is 14.5. The molecule has 1 aliphatic rings. The molecule has 0 radical (unpaired) electrons. The highest BCUT2D eigenvalue weighted by Crippen LogP contribution is 2.32. The Morgan fingerprint density at radius 1 is 1.42 bits per heavy atom. The number of nitrogens with one attached hydrogen (secondary N) is 2. The van der Waals surface area contributed by atoms with Crippen molar-refractivity contribution >= 4 is 29.0 Å². The zero-order valence-corrected chi connectivity index (χ0v) is 10.8. The minimum absolute atomic E-state index is 0.0572. The van der Waals surface area contributed by atoms with Gasteiger partial charge in [0.05, 0.1) is 12.5 Å². The third kappa shape index (κ3) is 2.94. The van der Waals surface area contributed by atoms with Crippen LogP contribution < -0.4 is 10.6 Å². The van der Waals surface area contributed by atoms with E-state index in [1.807, 2.05) is 0 Å². The van der Waals surface area contributed by atoms with E-state index >= 15 is 0 Å². The molecule has 3 N–H and O–H groups in total. The van der Waals surface area contributed by atoms with Crippen LogP contribution in [-0.4, -0.2) is 29.9 Å². The normalized spacial score (nSPS) is 16.4. The number of allylic oxidation sites excluding steroid dienone is 1. The number of carbonyl (C=O) groups excluding carboxylic acids is 2. The zero-order valence-electron chi connectivity index (χ0n) is 10.0. The lowest BCUT2D eigenvalue weighted by atomic mass is 9.91. The highest BCUT2D eigenvalue weighted by atomic mass is 35.5. The summed E-state index contributed by atoms with van der Waals surface area (Å²) in [7, 11) is 0. The summed E-state index contributed by atoms with van der Waals surface area (Å²) in [6.07, 6.45) is 3.23. The van der Waals surface area contributed by atoms with Crippen LogP contribution in [0.25, 0.3) is 0 Å². The molecule has 0 saturated heterocycles. The van der Waals surface area contributed by atoms with Crippen molar-refractivity contribution in [2.45, 2.75) is 5.92 Å². The molecule has 0 aromatic heterocycles. The molecule has 19 heavy (non-hydrogen) atoms. The first-order chi connectivity index (χ1) is 9.13. The number of anilines is 1. The van der Waals surface area contributed by atoms with Crippen LogP contribution in [0.2, 0.25) is 5.02 Å². The lowest BCUT2D eigenvalue weighted by molar-refractivity contribution is -0.138. The number of hydrogen-bond acceptors (Lipinski definition) is 4. The number of aliphatic hydroxyl groups is 1. The van der Waals surface area contributed by atoms with Gasteiger partial charge in [-0.3, -0.25) is 9.59 Å². The van der Waals surface area contributed by atoms with Crippen molar-refractivity contribution in [2.75, 3.05) is 18.5 Å². The van der Waals surface area contributed by atoms with E-state index in [1.165, 1.54) is 0 Å². The number of ketones is 1. The second-order valence-corrected chi connectivity index (χ2v) is 4.49. The molecule has 1 aromatic rings. The number of amides is 1. The second kappa shape index (κ2) is 5.86. The van der Waals surface area contributed by atoms with Crippen molar-refractivity contribution in [1.82, 2.24) is 5.32 Å². The summed E-state index contributed by atoms with van der Waals surface area (Å²) < 4.78 is 0. The average molecular weight is 281 g/mol. The Kier molecular flexibility index (Phi) is 4.19. The van der Waals surface area contributed by atoms with Crippen LogP contribution >= 0.6 is 11.6 Å². The van der Waals surface area contributed by atoms with E-state index in [2.05, 4.69) is 10.6 Å². The Morgan fingerprint density at radius 2 is 2.21 bits per heavy atom. The first kappa shape index (κ1) is 13.6. The van der Waals surface area contributed by atoms with Crippen LogP contribution in [0.3, 0.4) is 0 Å². The molecule has 1 aliphatic heterocycles. The van der Waals surface area contributed by atoms with Crippen LogP contribution in [0.4, 0.5) is 5.69 Å². The van der Waals surface area contributed by atoms with Crippen molar-refractivity contribution < 1.29 is 14.7 Å². The van der Waals surface area contributed by atoms with Gasteiger partial charge in [0.1, 0.15) is 0 Å². The van der Waals surface area contributed by atoms with Crippen LogP contribution in [0.5, 0.6) is 0 Å². The van der Waals surface area contributed by atoms with Crippen molar-refractivity contribution in [3.05, 3.63) is 41.1 Å². The van der Waals surface area contributed by atoms with Crippen LogP contribution in [0.15, 0.2) is 30.5 Å². The maximum Gasteiger partial charge on any atom is 0.288 e. The molecular weight excluding hydrogens is 268 g/mol. The van der Waals surface area contributed by atoms with Crippen molar-refractivity contribution in [3.63, 3.8) is 0 Å². The standard InChI is InChI=1S/C13H13ClN2O3/c14-8-1-2-11-10(7-8)9(3-4-15-11)12(18)13(19)16-5-6-17/h1-4,7,9,15,17H,5-6H2,(H,16,19). The molecule has 1 atom stereocenters. The Labute approximate surface area is 115 Å². The fourth-order valence-electron chi connectivity index (χ4n) is 1.89. The van der Waals surface area contributed by atoms with Gasteiger partial charge in [-0.1, -0.05) is 17.7 Å². The molecule has 5 nitrogen and oxygen atoms in total. The molecular formula is C13H13ClN2O3. The molecule has 1 aromatic carbocycles. The summed E-state index contributed by atoms with van der Waals surface area (Å²) in [4.78, 5) is 23.7. The number of hydrogen-bond donors (Lipinski definition) is 3. The molecule has 0 spiro atoms. The van der Waals surface area contributed by atoms with Gasteiger partial charge in [-0.25, -0.2) is 0 Å². The molecule has 2 rings (SSSR count). The fraction of sp³-hybridized carbons (Fsp3) is 0.231. The zero-order chi connectivity index (χ0) is 13.8. The van der Waals surface area contributed by atoms with Gasteiger partial charge in [0.25, 0.3) is 5.91 Å². The van der Waals surface area contributed by atoms with Gasteiger partial charge in [0.2, 0.25) is 5.78 Å². The van der Waals surface area contributed by atoms with Crippen LogP contribution in [-0.2, 0) is 9.59 Å². The van der Waals surface area contributed by atoms with Gasteiger partial charge < -0.3 is 15.7 Å². The quantitative estimate of drug-likeness (QED) is 0.720. The summed E-state index contributed by atoms with van der Waals surface area (Å²) >= 11 is 5.91. The van der Waals surface area contributed by atoms with E-state index in [0.717, 1.165) is 5.69 Å². The number of Topliss-reactive ketones (excluding diaryl/α,β-unsaturated/α-hetero) is 1. The summed E-state index contributed by atoms with van der Waals surface area (Å²) in [6, 6.07) is 5.13. The van der Waals surface area contributed by atoms with E-state index < -0.39 is 17.6 Å². The molecule has 100 valence electrons. The highest BCUT2D eigenvalue weighted by molar-refractivity contribution is 6.39. The fourth-order valence-corrected chi connectivity index (χ4v) is 2.07. The Morgan fingerprint density at radius 3 is 2.95 bits per heavy atom. The van der Waals surface area contributed by atoms with Crippen molar-refractivity contribution in [3.8, 4) is 0 Å². The van der Waals surface area contributed by atoms with Crippen LogP contribution in [0.1, 0.15) is 11.5 Å². The third-order valence-corrected chi connectivity index (χ3v) is 3.01. The number of benzene rings is 1. The first-order valence-corrected chi connectivity index (χ1v) is 6.17. The lowest BCUT2D eigenvalue weighted by Crippen LogP contribution is -2.36. The number of halogens is 1. The monoisotopic (exact) mass is 280 g/mol. The lowest BCUT2D eigenvalue weighted by Gasteiger charge is -2.20. The van der Waals surface area contributed by atoms with Crippen LogP contribution in [0, 0.1) is 0 Å². The van der Waals surface area contributed by atoms with Crippen molar-refractivity contribution in [1.29, 1.82) is 0 Å². The number of fused-ring (bicyclic) bond motifs is 1. The maximum atomic E-state index is 12.1. The predicted molar refractivity (Wildman–Crippen MR) is 72.1 cm³/mol. The van der Waals surface area contributed by atoms with E-state index in [1.54, 1.807) is 30.5 Å². The molecule has 1 unspecified atom stereocenters. The summed E-state index contributed by atoms with van der Waals surface area (Å²) in [5.74, 6) is -1.94. The Balaban J connectivity index is 2.23. The molecule has 0 saturated carbocycles. The molecule has 1 amide bonds. The topological polar surface area (TPSA) is 78.4 Å². The van der Waals surface area contributed by atoms with E-state index in [9.17, 15) is 9.59 Å². The predicted octanol–water partition coefficient (Wildman–Crippen LogP) is 1.04. The molecule has 0 fully saturated rings. The Bertz CT molecular complexity index is 543. The largest absolute Gasteiger partial charge is 0.395 e. The summed E-state index contributed by atoms with van der Waals surface area (Å²) in [5.41, 5.74) is 1.42. The number of aliphatic hydroxyl groups excluding tert-OH is 1. The SMILES string of the molecule is O=C(NCCO)C(=O)C1C=CNc2ccc(Cl)cc21. The van der Waals surface area contributed by atoms with Gasteiger partial charge in [0.15, 0.2) is 0 Å². The van der Waals surface area contributed by atoms with Crippen molar-refractivity contribution in [2.24, 2.45) is 0 Å². The minimum Gasteiger partial charge on any atom is -0.395 e. The molecule has 6 heteroatoms.